The maximum absolute atomic E-state index is 12.7. The fourth-order valence-electron chi connectivity index (χ4n) is 3.32. The van der Waals surface area contributed by atoms with E-state index in [1.54, 1.807) is 0 Å². The number of fused-ring (bicyclic) bond motifs is 1. The minimum absolute atomic E-state index is 0.105. The van der Waals surface area contributed by atoms with Crippen LogP contribution in [0.3, 0.4) is 0 Å². The van der Waals surface area contributed by atoms with E-state index >= 15 is 0 Å². The minimum Gasteiger partial charge on any atom is -0.296 e. The highest BCUT2D eigenvalue weighted by Gasteiger charge is 2.48. The summed E-state index contributed by atoms with van der Waals surface area (Å²) in [5, 5.41) is 12.1. The summed E-state index contributed by atoms with van der Waals surface area (Å²) in [6.07, 6.45) is 3.24. The zero-order valence-corrected chi connectivity index (χ0v) is 17.1. The smallest absolute Gasteiger partial charge is 0.269 e. The lowest BCUT2D eigenvalue weighted by Gasteiger charge is -2.13. The summed E-state index contributed by atoms with van der Waals surface area (Å²) >= 11 is 1.32. The highest BCUT2D eigenvalue weighted by atomic mass is 32.2. The zero-order valence-electron chi connectivity index (χ0n) is 15.5. The summed E-state index contributed by atoms with van der Waals surface area (Å²) in [4.78, 5) is 24.9. The zero-order chi connectivity index (χ0) is 20.1. The van der Waals surface area contributed by atoms with E-state index in [-0.39, 0.29) is 22.1 Å². The van der Waals surface area contributed by atoms with E-state index < -0.39 is 21.8 Å². The third-order valence-electron chi connectivity index (χ3n) is 5.09. The number of rotatable bonds is 6. The van der Waals surface area contributed by atoms with Crippen LogP contribution in [-0.4, -0.2) is 40.8 Å². The maximum atomic E-state index is 12.7. The molecule has 8 nitrogen and oxygen atoms in total. The monoisotopic (exact) mass is 420 g/mol. The van der Waals surface area contributed by atoms with Crippen LogP contribution in [0.25, 0.3) is 0 Å². The molecule has 0 bridgehead atoms. The predicted molar refractivity (Wildman–Crippen MR) is 104 cm³/mol. The predicted octanol–water partition coefficient (Wildman–Crippen LogP) is 3.00. The molecule has 4 rings (SSSR count). The third kappa shape index (κ3) is 3.10. The van der Waals surface area contributed by atoms with Crippen molar-refractivity contribution in [1.82, 2.24) is 14.5 Å². The standard InChI is InChI=1S/C18H20N4O4S2/c1-3-10(4-2)16-20-21-18(27-16)19-15(23)11-5-8-13-14(9-11)28(25,26)22(17(13)24)12-6-7-12/h5,8-10,12H,3-4,6-7H2,1-2H3,(H,19,21,23). The highest BCUT2D eigenvalue weighted by molar-refractivity contribution is 7.90. The van der Waals surface area contributed by atoms with Crippen LogP contribution in [-0.2, 0) is 10.0 Å². The van der Waals surface area contributed by atoms with Crippen molar-refractivity contribution in [3.63, 3.8) is 0 Å². The first-order chi connectivity index (χ1) is 13.4. The van der Waals surface area contributed by atoms with E-state index in [0.29, 0.717) is 23.9 Å². The number of carbonyl (C=O) groups excluding carboxylic acids is 2. The van der Waals surface area contributed by atoms with Gasteiger partial charge in [-0.05, 0) is 43.9 Å². The third-order valence-corrected chi connectivity index (χ3v) is 7.96. The second kappa shape index (κ2) is 6.93. The fourth-order valence-corrected chi connectivity index (χ4v) is 6.16. The van der Waals surface area contributed by atoms with Gasteiger partial charge in [-0.15, -0.1) is 10.2 Å². The molecule has 2 aromatic rings. The van der Waals surface area contributed by atoms with E-state index in [1.165, 1.54) is 29.5 Å². The molecular formula is C18H20N4O4S2. The molecule has 1 aromatic carbocycles. The Morgan fingerprint density at radius 1 is 1.29 bits per heavy atom. The summed E-state index contributed by atoms with van der Waals surface area (Å²) < 4.78 is 26.4. The summed E-state index contributed by atoms with van der Waals surface area (Å²) in [7, 11) is -3.90. The molecule has 0 unspecified atom stereocenters. The Balaban J connectivity index is 1.58. The number of carbonyl (C=O) groups is 2. The fraction of sp³-hybridized carbons (Fsp3) is 0.444. The van der Waals surface area contributed by atoms with Crippen molar-refractivity contribution in [2.75, 3.05) is 5.32 Å². The van der Waals surface area contributed by atoms with Crippen molar-refractivity contribution in [2.24, 2.45) is 0 Å². The van der Waals surface area contributed by atoms with E-state index in [1.807, 2.05) is 0 Å². The molecule has 1 aliphatic heterocycles. The summed E-state index contributed by atoms with van der Waals surface area (Å²) in [6.45, 7) is 4.15. The SMILES string of the molecule is CCC(CC)c1nnc(NC(=O)c2ccc3c(c2)S(=O)(=O)N(C2CC2)C3=O)s1. The number of nitrogens with zero attached hydrogens (tertiary/aromatic N) is 3. The van der Waals surface area contributed by atoms with Crippen LogP contribution in [0.4, 0.5) is 5.13 Å². The minimum atomic E-state index is -3.90. The van der Waals surface area contributed by atoms with E-state index in [4.69, 9.17) is 0 Å². The summed E-state index contributed by atoms with van der Waals surface area (Å²) in [6, 6.07) is 3.87. The van der Waals surface area contributed by atoms with Gasteiger partial charge >= 0.3 is 0 Å². The molecule has 1 aliphatic carbocycles. The molecule has 2 heterocycles. The number of hydrogen-bond acceptors (Lipinski definition) is 7. The van der Waals surface area contributed by atoms with Crippen LogP contribution in [0, 0.1) is 0 Å². The second-order valence-corrected chi connectivity index (χ2v) is 9.75. The van der Waals surface area contributed by atoms with Gasteiger partial charge in [0.15, 0.2) is 0 Å². The van der Waals surface area contributed by atoms with Crippen molar-refractivity contribution in [3.8, 4) is 0 Å². The van der Waals surface area contributed by atoms with Crippen molar-refractivity contribution < 1.29 is 18.0 Å². The lowest BCUT2D eigenvalue weighted by molar-refractivity contribution is 0.0864. The average molecular weight is 421 g/mol. The van der Waals surface area contributed by atoms with Gasteiger partial charge in [0, 0.05) is 17.5 Å². The Hall–Kier alpha value is -2.33. The van der Waals surface area contributed by atoms with Crippen LogP contribution in [0.2, 0.25) is 0 Å². The van der Waals surface area contributed by atoms with Gasteiger partial charge in [0.05, 0.1) is 5.56 Å². The summed E-state index contributed by atoms with van der Waals surface area (Å²) in [5.41, 5.74) is 0.280. The molecule has 148 valence electrons. The first-order valence-electron chi connectivity index (χ1n) is 9.24. The van der Waals surface area contributed by atoms with E-state index in [9.17, 15) is 18.0 Å². The first kappa shape index (κ1) is 19.0. The van der Waals surface area contributed by atoms with Gasteiger partial charge < -0.3 is 0 Å². The quantitative estimate of drug-likeness (QED) is 0.769. The number of benzene rings is 1. The Kier molecular flexibility index (Phi) is 4.70. The highest BCUT2D eigenvalue weighted by Crippen LogP contribution is 2.39. The maximum Gasteiger partial charge on any atom is 0.269 e. The Labute approximate surface area is 167 Å². The van der Waals surface area contributed by atoms with Gasteiger partial charge in [0.25, 0.3) is 21.8 Å². The van der Waals surface area contributed by atoms with Crippen LogP contribution >= 0.6 is 11.3 Å². The molecule has 0 radical (unpaired) electrons. The number of nitrogens with one attached hydrogen (secondary N) is 1. The Morgan fingerprint density at radius 3 is 2.64 bits per heavy atom. The van der Waals surface area contributed by atoms with Crippen molar-refractivity contribution in [2.45, 2.75) is 56.4 Å². The molecule has 1 saturated carbocycles. The molecule has 1 fully saturated rings. The Morgan fingerprint density at radius 2 is 2.00 bits per heavy atom. The van der Waals surface area contributed by atoms with Crippen molar-refractivity contribution >= 4 is 38.3 Å². The van der Waals surface area contributed by atoms with Gasteiger partial charge in [-0.3, -0.25) is 14.9 Å². The van der Waals surface area contributed by atoms with Gasteiger partial charge in [-0.2, -0.15) is 0 Å². The number of amides is 2. The average Bonchev–Trinajstić information content (AvgIpc) is 3.35. The summed E-state index contributed by atoms with van der Waals surface area (Å²) in [5.74, 6) is -0.696. The molecule has 28 heavy (non-hydrogen) atoms. The van der Waals surface area contributed by atoms with Crippen molar-refractivity contribution in [3.05, 3.63) is 34.3 Å². The normalized spacial score (nSPS) is 17.8. The second-order valence-electron chi connectivity index (χ2n) is 6.96. The van der Waals surface area contributed by atoms with Gasteiger partial charge in [-0.25, -0.2) is 12.7 Å². The Bertz CT molecular complexity index is 1060. The first-order valence-corrected chi connectivity index (χ1v) is 11.5. The van der Waals surface area contributed by atoms with Gasteiger partial charge in [0.2, 0.25) is 5.13 Å². The molecule has 0 saturated heterocycles. The molecular weight excluding hydrogens is 400 g/mol. The number of sulfonamides is 1. The van der Waals surface area contributed by atoms with Gasteiger partial charge in [0.1, 0.15) is 9.90 Å². The van der Waals surface area contributed by atoms with Crippen LogP contribution < -0.4 is 5.32 Å². The number of hydrogen-bond donors (Lipinski definition) is 1. The molecule has 1 aromatic heterocycles. The van der Waals surface area contributed by atoms with E-state index in [2.05, 4.69) is 29.4 Å². The van der Waals surface area contributed by atoms with Gasteiger partial charge in [-0.1, -0.05) is 25.2 Å². The van der Waals surface area contributed by atoms with Crippen LogP contribution in [0.1, 0.15) is 71.2 Å². The van der Waals surface area contributed by atoms with E-state index in [0.717, 1.165) is 22.2 Å². The molecule has 1 N–H and O–H groups in total. The lowest BCUT2D eigenvalue weighted by atomic mass is 10.1. The lowest BCUT2D eigenvalue weighted by Crippen LogP contribution is -2.31. The molecule has 0 atom stereocenters. The van der Waals surface area contributed by atoms with Crippen molar-refractivity contribution in [1.29, 1.82) is 0 Å². The van der Waals surface area contributed by atoms with Crippen LogP contribution in [0.5, 0.6) is 0 Å². The number of anilines is 1. The molecule has 0 spiro atoms. The number of aromatic nitrogens is 2. The van der Waals surface area contributed by atoms with Crippen LogP contribution in [0.15, 0.2) is 23.1 Å². The molecule has 2 aliphatic rings. The topological polar surface area (TPSA) is 109 Å². The largest absolute Gasteiger partial charge is 0.296 e. The molecule has 10 heteroatoms. The molecule has 2 amide bonds.